The van der Waals surface area contributed by atoms with E-state index in [4.69, 9.17) is 0 Å². The predicted molar refractivity (Wildman–Crippen MR) is 123 cm³/mol. The SMILES string of the molecule is C=C1CCC(O)C/C1=C/C=C1\CCC[C@]2(C)[C@@H]([C@H](C)CCCC(C)(C)O)CC[C@@H]12. The lowest BCUT2D eigenvalue weighted by Crippen LogP contribution is -2.36. The highest BCUT2D eigenvalue weighted by Gasteiger charge is 2.50. The summed E-state index contributed by atoms with van der Waals surface area (Å²) >= 11 is 0. The molecule has 3 aliphatic carbocycles. The molecular formula is C27H44O2. The molecule has 3 saturated carbocycles. The third-order valence-corrected chi connectivity index (χ3v) is 8.36. The van der Waals surface area contributed by atoms with Crippen molar-refractivity contribution >= 4 is 0 Å². The van der Waals surface area contributed by atoms with Crippen molar-refractivity contribution in [2.24, 2.45) is 23.2 Å². The lowest BCUT2D eigenvalue weighted by Gasteiger charge is -2.44. The monoisotopic (exact) mass is 400 g/mol. The van der Waals surface area contributed by atoms with Crippen molar-refractivity contribution in [2.45, 2.75) is 110 Å². The van der Waals surface area contributed by atoms with Gasteiger partial charge in [0.25, 0.3) is 0 Å². The van der Waals surface area contributed by atoms with Gasteiger partial charge in [0.2, 0.25) is 0 Å². The van der Waals surface area contributed by atoms with Crippen molar-refractivity contribution in [3.05, 3.63) is 35.5 Å². The summed E-state index contributed by atoms with van der Waals surface area (Å²) in [5, 5.41) is 20.1. The normalized spacial score (nSPS) is 37.2. The number of rotatable bonds is 6. The first-order valence-electron chi connectivity index (χ1n) is 12.1. The van der Waals surface area contributed by atoms with Crippen molar-refractivity contribution in [1.29, 1.82) is 0 Å². The van der Waals surface area contributed by atoms with E-state index in [1.165, 1.54) is 49.7 Å². The highest BCUT2D eigenvalue weighted by molar-refractivity contribution is 5.36. The Balaban J connectivity index is 1.68. The van der Waals surface area contributed by atoms with Gasteiger partial charge in [-0.05, 0) is 100 Å². The summed E-state index contributed by atoms with van der Waals surface area (Å²) in [7, 11) is 0. The van der Waals surface area contributed by atoms with E-state index in [0.717, 1.165) is 49.9 Å². The first kappa shape index (κ1) is 22.8. The predicted octanol–water partition coefficient (Wildman–Crippen LogP) is 6.73. The number of aliphatic hydroxyl groups is 2. The van der Waals surface area contributed by atoms with E-state index in [1.807, 2.05) is 13.8 Å². The Labute approximate surface area is 179 Å². The van der Waals surface area contributed by atoms with Crippen LogP contribution in [0.1, 0.15) is 98.3 Å². The van der Waals surface area contributed by atoms with E-state index in [9.17, 15) is 10.2 Å². The lowest BCUT2D eigenvalue weighted by molar-refractivity contribution is 0.0596. The molecule has 3 rings (SSSR count). The van der Waals surface area contributed by atoms with Crippen LogP contribution in [0.15, 0.2) is 35.5 Å². The number of fused-ring (bicyclic) bond motifs is 1. The fourth-order valence-corrected chi connectivity index (χ4v) is 6.67. The molecule has 0 aromatic heterocycles. The first-order valence-corrected chi connectivity index (χ1v) is 12.1. The maximum absolute atomic E-state index is 10.0. The van der Waals surface area contributed by atoms with Gasteiger partial charge in [0.1, 0.15) is 0 Å². The number of aliphatic hydroxyl groups excluding tert-OH is 1. The summed E-state index contributed by atoms with van der Waals surface area (Å²) in [5.41, 5.74) is 4.02. The van der Waals surface area contributed by atoms with Crippen LogP contribution in [0.25, 0.3) is 0 Å². The van der Waals surface area contributed by atoms with Gasteiger partial charge in [0.15, 0.2) is 0 Å². The summed E-state index contributed by atoms with van der Waals surface area (Å²) in [4.78, 5) is 0. The molecule has 0 amide bonds. The molecule has 0 bridgehead atoms. The van der Waals surface area contributed by atoms with Crippen LogP contribution in [-0.2, 0) is 0 Å². The molecule has 2 nitrogen and oxygen atoms in total. The Bertz CT molecular complexity index is 650. The van der Waals surface area contributed by atoms with Crippen molar-refractivity contribution in [2.75, 3.05) is 0 Å². The highest BCUT2D eigenvalue weighted by atomic mass is 16.3. The summed E-state index contributed by atoms with van der Waals surface area (Å²) in [6, 6.07) is 0. The van der Waals surface area contributed by atoms with Gasteiger partial charge >= 0.3 is 0 Å². The Morgan fingerprint density at radius 3 is 2.69 bits per heavy atom. The molecule has 5 atom stereocenters. The van der Waals surface area contributed by atoms with Gasteiger partial charge in [-0.25, -0.2) is 0 Å². The average Bonchev–Trinajstić information content (AvgIpc) is 2.99. The minimum absolute atomic E-state index is 0.192. The third-order valence-electron chi connectivity index (χ3n) is 8.36. The maximum Gasteiger partial charge on any atom is 0.0591 e. The van der Waals surface area contributed by atoms with Crippen LogP contribution in [0.3, 0.4) is 0 Å². The van der Waals surface area contributed by atoms with Crippen molar-refractivity contribution in [3.63, 3.8) is 0 Å². The summed E-state index contributed by atoms with van der Waals surface area (Å²) < 4.78 is 0. The number of hydrogen-bond acceptors (Lipinski definition) is 2. The summed E-state index contributed by atoms with van der Waals surface area (Å²) in [6.07, 6.45) is 16.9. The van der Waals surface area contributed by atoms with E-state index >= 15 is 0 Å². The van der Waals surface area contributed by atoms with Gasteiger partial charge in [0, 0.05) is 0 Å². The van der Waals surface area contributed by atoms with Gasteiger partial charge in [-0.3, -0.25) is 0 Å². The Kier molecular flexibility index (Phi) is 7.16. The van der Waals surface area contributed by atoms with Crippen LogP contribution in [-0.4, -0.2) is 21.9 Å². The van der Waals surface area contributed by atoms with Crippen molar-refractivity contribution in [3.8, 4) is 0 Å². The zero-order chi connectivity index (χ0) is 21.2. The third kappa shape index (κ3) is 5.44. The van der Waals surface area contributed by atoms with Crippen LogP contribution in [0, 0.1) is 23.2 Å². The first-order chi connectivity index (χ1) is 13.6. The maximum atomic E-state index is 10.0. The molecule has 2 N–H and O–H groups in total. The van der Waals surface area contributed by atoms with Crippen LogP contribution < -0.4 is 0 Å². The Morgan fingerprint density at radius 2 is 1.97 bits per heavy atom. The molecule has 0 aromatic carbocycles. The average molecular weight is 401 g/mol. The Hall–Kier alpha value is -0.860. The van der Waals surface area contributed by atoms with Crippen molar-refractivity contribution < 1.29 is 10.2 Å². The molecule has 2 heteroatoms. The van der Waals surface area contributed by atoms with E-state index in [-0.39, 0.29) is 6.10 Å². The minimum atomic E-state index is -0.535. The van der Waals surface area contributed by atoms with Crippen LogP contribution in [0.5, 0.6) is 0 Å². The zero-order valence-electron chi connectivity index (χ0n) is 19.3. The van der Waals surface area contributed by atoms with Crippen molar-refractivity contribution in [1.82, 2.24) is 0 Å². The molecule has 29 heavy (non-hydrogen) atoms. The van der Waals surface area contributed by atoms with Gasteiger partial charge in [-0.1, -0.05) is 56.6 Å². The molecule has 3 aliphatic rings. The minimum Gasteiger partial charge on any atom is -0.393 e. The molecular weight excluding hydrogens is 356 g/mol. The molecule has 0 spiro atoms. The molecule has 0 saturated heterocycles. The van der Waals surface area contributed by atoms with Crippen LogP contribution in [0.2, 0.25) is 0 Å². The summed E-state index contributed by atoms with van der Waals surface area (Å²) in [6.45, 7) is 13.1. The summed E-state index contributed by atoms with van der Waals surface area (Å²) in [5.74, 6) is 2.26. The number of hydrogen-bond donors (Lipinski definition) is 2. The second-order valence-electron chi connectivity index (χ2n) is 11.2. The quantitative estimate of drug-likeness (QED) is 0.518. The Morgan fingerprint density at radius 1 is 1.21 bits per heavy atom. The molecule has 0 aromatic rings. The van der Waals surface area contributed by atoms with Crippen LogP contribution in [0.4, 0.5) is 0 Å². The number of allylic oxidation sites excluding steroid dienone is 4. The molecule has 164 valence electrons. The zero-order valence-corrected chi connectivity index (χ0v) is 19.3. The fourth-order valence-electron chi connectivity index (χ4n) is 6.67. The second kappa shape index (κ2) is 9.10. The standard InChI is InChI=1S/C27H44O2/c1-19-10-13-23(28)18-22(19)12-11-21-9-7-17-27(5)24(14-15-25(21)27)20(2)8-6-16-26(3,4)29/h11-12,20,23-25,28-29H,1,6-10,13-18H2,2-5H3/b21-11+,22-12-/t20-,23?,24-,25+,27-/m1/s1. The molecule has 0 radical (unpaired) electrons. The largest absolute Gasteiger partial charge is 0.393 e. The molecule has 0 heterocycles. The van der Waals surface area contributed by atoms with E-state index in [1.54, 1.807) is 5.57 Å². The molecule has 0 aliphatic heterocycles. The lowest BCUT2D eigenvalue weighted by atomic mass is 9.60. The van der Waals surface area contributed by atoms with Gasteiger partial charge in [-0.15, -0.1) is 0 Å². The van der Waals surface area contributed by atoms with Gasteiger partial charge in [0.05, 0.1) is 11.7 Å². The van der Waals surface area contributed by atoms with Crippen LogP contribution >= 0.6 is 0 Å². The van der Waals surface area contributed by atoms with E-state index in [2.05, 4.69) is 32.6 Å². The smallest absolute Gasteiger partial charge is 0.0591 e. The molecule has 3 fully saturated rings. The topological polar surface area (TPSA) is 40.5 Å². The van der Waals surface area contributed by atoms with E-state index < -0.39 is 5.60 Å². The van der Waals surface area contributed by atoms with E-state index in [0.29, 0.717) is 5.41 Å². The van der Waals surface area contributed by atoms with Gasteiger partial charge in [-0.2, -0.15) is 0 Å². The van der Waals surface area contributed by atoms with Gasteiger partial charge < -0.3 is 10.2 Å². The second-order valence-corrected chi connectivity index (χ2v) is 11.2. The fraction of sp³-hybridized carbons (Fsp3) is 0.778. The highest BCUT2D eigenvalue weighted by Crippen LogP contribution is 2.60. The molecule has 1 unspecified atom stereocenters.